The molecule has 0 aromatic rings. The van der Waals surface area contributed by atoms with Crippen LogP contribution in [0.2, 0.25) is 0 Å². The summed E-state index contributed by atoms with van der Waals surface area (Å²) in [4.78, 5) is 10.6. The molecule has 0 bridgehead atoms. The predicted molar refractivity (Wildman–Crippen MR) is 60.3 cm³/mol. The van der Waals surface area contributed by atoms with E-state index in [1.165, 1.54) is 19.2 Å². The van der Waals surface area contributed by atoms with E-state index in [0.29, 0.717) is 6.54 Å². The molecule has 0 aliphatic heterocycles. The van der Waals surface area contributed by atoms with E-state index in [-0.39, 0.29) is 0 Å². The Bertz CT molecular complexity index is 237. The lowest BCUT2D eigenvalue weighted by molar-refractivity contribution is -0.140. The van der Waals surface area contributed by atoms with Gasteiger partial charge in [-0.25, -0.2) is 4.79 Å². The molecule has 5 N–H and O–H groups in total. The molecule has 0 aliphatic carbocycles. The van der Waals surface area contributed by atoms with Crippen LogP contribution in [0.3, 0.4) is 0 Å². The van der Waals surface area contributed by atoms with Gasteiger partial charge in [0, 0.05) is 12.8 Å². The van der Waals surface area contributed by atoms with Crippen molar-refractivity contribution in [3.05, 3.63) is 12.2 Å². The number of aliphatic carboxylic acids is 1. The van der Waals surface area contributed by atoms with Gasteiger partial charge in [-0.1, -0.05) is 12.2 Å². The van der Waals surface area contributed by atoms with Gasteiger partial charge in [-0.3, -0.25) is 0 Å². The second kappa shape index (κ2) is 7.14. The smallest absolute Gasteiger partial charge is 0.327 e. The highest BCUT2D eigenvalue weighted by molar-refractivity contribution is 5.80. The summed E-state index contributed by atoms with van der Waals surface area (Å²) in [7, 11) is 0. The first-order chi connectivity index (χ1) is 7.00. The van der Waals surface area contributed by atoms with Crippen molar-refractivity contribution in [1.82, 2.24) is 5.32 Å². The highest BCUT2D eigenvalue weighted by atomic mass is 16.4. The normalized spacial score (nSPS) is 15.1. The van der Waals surface area contributed by atoms with Crippen molar-refractivity contribution in [2.75, 3.05) is 13.1 Å². The minimum Gasteiger partial charge on any atom is -0.480 e. The van der Waals surface area contributed by atoms with Gasteiger partial charge in [-0.2, -0.15) is 0 Å². The van der Waals surface area contributed by atoms with E-state index in [2.05, 4.69) is 5.32 Å². The third-order valence-electron chi connectivity index (χ3n) is 1.90. The van der Waals surface area contributed by atoms with Gasteiger partial charge in [0.2, 0.25) is 0 Å². The first-order valence-corrected chi connectivity index (χ1v) is 4.90. The summed E-state index contributed by atoms with van der Waals surface area (Å²) in [6.07, 6.45) is 6.27. The molecule has 0 aromatic heterocycles. The molecule has 0 unspecified atom stereocenters. The maximum absolute atomic E-state index is 10.6. The van der Waals surface area contributed by atoms with Crippen molar-refractivity contribution in [3.8, 4) is 0 Å². The monoisotopic (exact) mass is 213 g/mol. The average Bonchev–Trinajstić information content (AvgIpc) is 2.16. The molecule has 0 aromatic carbocycles. The number of hydrogen-bond acceptors (Lipinski definition) is 4. The molecule has 1 atom stereocenters. The van der Waals surface area contributed by atoms with Gasteiger partial charge in [0.1, 0.15) is 5.54 Å². The zero-order valence-electron chi connectivity index (χ0n) is 8.99. The minimum absolute atomic E-state index is 0.577. The largest absolute Gasteiger partial charge is 0.480 e. The van der Waals surface area contributed by atoms with E-state index in [1.54, 1.807) is 6.08 Å². The standard InChI is InChI=1S/C10H19N3O2/c1-10(12,9(14)15)5-3-2-4-7-13-8-6-11/h3,5-6,11,13H,2,4,7-8,12H2,1H3,(H,14,15)/b5-3-,11-6?/t10-/m1/s1. The van der Waals surface area contributed by atoms with Crippen LogP contribution in [0, 0.1) is 5.41 Å². The molecule has 0 radical (unpaired) electrons. The number of unbranched alkanes of at least 4 members (excludes halogenated alkanes) is 1. The Morgan fingerprint density at radius 3 is 2.87 bits per heavy atom. The first kappa shape index (κ1) is 13.8. The van der Waals surface area contributed by atoms with E-state index >= 15 is 0 Å². The lowest BCUT2D eigenvalue weighted by atomic mass is 10.0. The Balaban J connectivity index is 3.62. The van der Waals surface area contributed by atoms with Crippen LogP contribution in [-0.2, 0) is 4.79 Å². The molecule has 0 saturated carbocycles. The Labute approximate surface area is 89.9 Å². The zero-order valence-corrected chi connectivity index (χ0v) is 8.99. The SMILES string of the molecule is C[C@@](N)(/C=C\CCCNCC=N)C(=O)O. The number of carbonyl (C=O) groups is 1. The van der Waals surface area contributed by atoms with E-state index in [9.17, 15) is 4.79 Å². The van der Waals surface area contributed by atoms with Crippen molar-refractivity contribution < 1.29 is 9.90 Å². The molecule has 0 saturated heterocycles. The Morgan fingerprint density at radius 1 is 1.67 bits per heavy atom. The fraction of sp³-hybridized carbons (Fsp3) is 0.600. The Morgan fingerprint density at radius 2 is 2.33 bits per heavy atom. The van der Waals surface area contributed by atoms with Crippen LogP contribution in [0.1, 0.15) is 19.8 Å². The summed E-state index contributed by atoms with van der Waals surface area (Å²) >= 11 is 0. The highest BCUT2D eigenvalue weighted by Gasteiger charge is 2.23. The minimum atomic E-state index is -1.28. The summed E-state index contributed by atoms with van der Waals surface area (Å²) in [6.45, 7) is 2.85. The second-order valence-corrected chi connectivity index (χ2v) is 3.54. The van der Waals surface area contributed by atoms with Crippen molar-refractivity contribution in [1.29, 1.82) is 5.41 Å². The van der Waals surface area contributed by atoms with Crippen LogP contribution >= 0.6 is 0 Å². The lowest BCUT2D eigenvalue weighted by Crippen LogP contribution is -2.42. The van der Waals surface area contributed by atoms with Crippen molar-refractivity contribution >= 4 is 12.2 Å². The molecule has 0 fully saturated rings. The van der Waals surface area contributed by atoms with Gasteiger partial charge in [0.05, 0.1) is 0 Å². The number of allylic oxidation sites excluding steroid dienone is 1. The van der Waals surface area contributed by atoms with Crippen LogP contribution in [0.5, 0.6) is 0 Å². The van der Waals surface area contributed by atoms with Crippen molar-refractivity contribution in [3.63, 3.8) is 0 Å². The van der Waals surface area contributed by atoms with E-state index in [4.69, 9.17) is 16.2 Å². The van der Waals surface area contributed by atoms with Crippen LogP contribution in [-0.4, -0.2) is 35.9 Å². The summed E-state index contributed by atoms with van der Waals surface area (Å²) < 4.78 is 0. The van der Waals surface area contributed by atoms with Crippen molar-refractivity contribution in [2.45, 2.75) is 25.3 Å². The molecular weight excluding hydrogens is 194 g/mol. The van der Waals surface area contributed by atoms with Crippen LogP contribution in [0.4, 0.5) is 0 Å². The van der Waals surface area contributed by atoms with E-state index in [1.807, 2.05) is 0 Å². The average molecular weight is 213 g/mol. The summed E-state index contributed by atoms with van der Waals surface area (Å²) in [6, 6.07) is 0. The number of rotatable bonds is 8. The van der Waals surface area contributed by atoms with Crippen LogP contribution in [0.15, 0.2) is 12.2 Å². The van der Waals surface area contributed by atoms with Gasteiger partial charge >= 0.3 is 5.97 Å². The van der Waals surface area contributed by atoms with Crippen molar-refractivity contribution in [2.24, 2.45) is 5.73 Å². The number of carboxylic acids is 1. The lowest BCUT2D eigenvalue weighted by Gasteiger charge is -2.13. The van der Waals surface area contributed by atoms with Crippen LogP contribution < -0.4 is 11.1 Å². The molecule has 0 spiro atoms. The topological polar surface area (TPSA) is 99.2 Å². The highest BCUT2D eigenvalue weighted by Crippen LogP contribution is 2.02. The molecule has 0 rings (SSSR count). The molecule has 0 aliphatic rings. The van der Waals surface area contributed by atoms with Gasteiger partial charge in [0.25, 0.3) is 0 Å². The first-order valence-electron chi connectivity index (χ1n) is 4.90. The quantitative estimate of drug-likeness (QED) is 0.266. The molecule has 5 nitrogen and oxygen atoms in total. The van der Waals surface area contributed by atoms with E-state index < -0.39 is 11.5 Å². The van der Waals surface area contributed by atoms with Crippen LogP contribution in [0.25, 0.3) is 0 Å². The second-order valence-electron chi connectivity index (χ2n) is 3.54. The van der Waals surface area contributed by atoms with Gasteiger partial charge < -0.3 is 21.6 Å². The predicted octanol–water partition coefficient (Wildman–Crippen LogP) is 0.364. The molecule has 86 valence electrons. The third kappa shape index (κ3) is 6.82. The number of carboxylic acid groups (broad SMARTS) is 1. The van der Waals surface area contributed by atoms with E-state index in [0.717, 1.165) is 19.4 Å². The summed E-state index contributed by atoms with van der Waals surface area (Å²) in [5.74, 6) is -1.03. The van der Waals surface area contributed by atoms with Gasteiger partial charge in [0.15, 0.2) is 0 Å². The molecule has 0 amide bonds. The maximum Gasteiger partial charge on any atom is 0.327 e. The molecule has 15 heavy (non-hydrogen) atoms. The fourth-order valence-electron chi connectivity index (χ4n) is 0.919. The van der Waals surface area contributed by atoms with Gasteiger partial charge in [-0.05, 0) is 26.3 Å². The number of nitrogens with two attached hydrogens (primary N) is 1. The third-order valence-corrected chi connectivity index (χ3v) is 1.90. The maximum atomic E-state index is 10.6. The Kier molecular flexibility index (Phi) is 6.57. The molecular formula is C10H19N3O2. The summed E-state index contributed by atoms with van der Waals surface area (Å²) in [5, 5.41) is 18.5. The number of hydrogen-bond donors (Lipinski definition) is 4. The molecule has 5 heteroatoms. The summed E-state index contributed by atoms with van der Waals surface area (Å²) in [5.41, 5.74) is 4.21. The fourth-order valence-corrected chi connectivity index (χ4v) is 0.919. The Hall–Kier alpha value is -1.20. The zero-order chi connectivity index (χ0) is 11.7. The molecule has 0 heterocycles. The number of nitrogens with one attached hydrogen (secondary N) is 2. The van der Waals surface area contributed by atoms with Gasteiger partial charge in [-0.15, -0.1) is 0 Å².